The molecule has 0 amide bonds. The molecule has 72 valence electrons. The molecule has 4 heteroatoms. The second-order valence-corrected chi connectivity index (χ2v) is 2.86. The van der Waals surface area contributed by atoms with Gasteiger partial charge in [0.2, 0.25) is 5.60 Å². The Labute approximate surface area is 76.5 Å². The molecule has 0 aliphatic carbocycles. The van der Waals surface area contributed by atoms with Gasteiger partial charge in [0.05, 0.1) is 13.0 Å². The van der Waals surface area contributed by atoms with Crippen molar-refractivity contribution in [3.8, 4) is 0 Å². The Morgan fingerprint density at radius 2 is 2.46 bits per heavy atom. The van der Waals surface area contributed by atoms with Crippen molar-refractivity contribution in [2.45, 2.75) is 25.4 Å². The summed E-state index contributed by atoms with van der Waals surface area (Å²) in [6.45, 7) is 5.49. The van der Waals surface area contributed by atoms with E-state index < -0.39 is 11.6 Å². The Bertz CT molecular complexity index is 230. The van der Waals surface area contributed by atoms with Crippen LogP contribution in [0.1, 0.15) is 19.8 Å². The highest BCUT2D eigenvalue weighted by atomic mass is 16.6. The number of hydrogen-bond acceptors (Lipinski definition) is 4. The molecule has 0 radical (unpaired) electrons. The summed E-state index contributed by atoms with van der Waals surface area (Å²) in [6, 6.07) is 0. The molecule has 1 saturated heterocycles. The lowest BCUT2D eigenvalue weighted by molar-refractivity contribution is -0.207. The first-order valence-corrected chi connectivity index (χ1v) is 4.14. The minimum Gasteiger partial charge on any atom is -0.463 e. The third kappa shape index (κ3) is 1.71. The van der Waals surface area contributed by atoms with E-state index in [0.29, 0.717) is 6.42 Å². The summed E-state index contributed by atoms with van der Waals surface area (Å²) in [5, 5.41) is 0. The Hall–Kier alpha value is -1.32. The molecule has 1 rings (SSSR count). The van der Waals surface area contributed by atoms with E-state index in [0.717, 1.165) is 0 Å². The lowest BCUT2D eigenvalue weighted by Gasteiger charge is -2.36. The van der Waals surface area contributed by atoms with Crippen LogP contribution in [0.2, 0.25) is 0 Å². The molecule has 4 nitrogen and oxygen atoms in total. The first kappa shape index (κ1) is 9.77. The summed E-state index contributed by atoms with van der Waals surface area (Å²) in [6.07, 6.45) is 1.96. The Kier molecular flexibility index (Phi) is 2.70. The van der Waals surface area contributed by atoms with Crippen LogP contribution in [0.5, 0.6) is 0 Å². The molecule has 1 unspecified atom stereocenters. The van der Waals surface area contributed by atoms with Crippen molar-refractivity contribution in [1.29, 1.82) is 0 Å². The molecule has 0 bridgehead atoms. The van der Waals surface area contributed by atoms with Gasteiger partial charge in [0, 0.05) is 6.42 Å². The van der Waals surface area contributed by atoms with Gasteiger partial charge in [-0.15, -0.1) is 6.58 Å². The van der Waals surface area contributed by atoms with E-state index in [1.165, 1.54) is 0 Å². The van der Waals surface area contributed by atoms with E-state index in [1.54, 1.807) is 13.0 Å². The van der Waals surface area contributed by atoms with Crippen molar-refractivity contribution in [2.75, 3.05) is 6.61 Å². The average molecular weight is 184 g/mol. The third-order valence-electron chi connectivity index (χ3n) is 1.86. The van der Waals surface area contributed by atoms with Gasteiger partial charge in [0.1, 0.15) is 0 Å². The van der Waals surface area contributed by atoms with Crippen molar-refractivity contribution in [3.63, 3.8) is 0 Å². The SMILES string of the molecule is C=CCC1(C(=O)OCC)CC(=O)O1. The Morgan fingerprint density at radius 1 is 1.85 bits per heavy atom. The van der Waals surface area contributed by atoms with Crippen LogP contribution in [0.25, 0.3) is 0 Å². The molecule has 0 aromatic rings. The maximum absolute atomic E-state index is 11.3. The second kappa shape index (κ2) is 3.60. The Morgan fingerprint density at radius 3 is 2.85 bits per heavy atom. The lowest BCUT2D eigenvalue weighted by Crippen LogP contribution is -2.54. The molecule has 1 fully saturated rings. The zero-order valence-electron chi connectivity index (χ0n) is 7.54. The highest BCUT2D eigenvalue weighted by Crippen LogP contribution is 2.32. The highest BCUT2D eigenvalue weighted by Gasteiger charge is 2.52. The van der Waals surface area contributed by atoms with E-state index in [-0.39, 0.29) is 19.0 Å². The first-order chi connectivity index (χ1) is 6.14. The van der Waals surface area contributed by atoms with Crippen LogP contribution >= 0.6 is 0 Å². The van der Waals surface area contributed by atoms with E-state index in [2.05, 4.69) is 6.58 Å². The molecule has 0 saturated carbocycles. The maximum Gasteiger partial charge on any atom is 0.351 e. The van der Waals surface area contributed by atoms with Gasteiger partial charge in [-0.25, -0.2) is 4.79 Å². The van der Waals surface area contributed by atoms with Crippen molar-refractivity contribution in [1.82, 2.24) is 0 Å². The predicted molar refractivity (Wildman–Crippen MR) is 44.9 cm³/mol. The molecule has 1 aliphatic heterocycles. The van der Waals surface area contributed by atoms with Gasteiger partial charge in [0.15, 0.2) is 0 Å². The summed E-state index contributed by atoms with van der Waals surface area (Å²) in [7, 11) is 0. The zero-order valence-corrected chi connectivity index (χ0v) is 7.54. The van der Waals surface area contributed by atoms with Crippen LogP contribution in [0.3, 0.4) is 0 Å². The molecule has 1 heterocycles. The molecule has 0 aromatic heterocycles. The van der Waals surface area contributed by atoms with Crippen molar-refractivity contribution in [3.05, 3.63) is 12.7 Å². The fourth-order valence-corrected chi connectivity index (χ4v) is 1.25. The van der Waals surface area contributed by atoms with Crippen LogP contribution in [-0.4, -0.2) is 24.1 Å². The summed E-state index contributed by atoms with van der Waals surface area (Å²) in [4.78, 5) is 22.0. The molecular weight excluding hydrogens is 172 g/mol. The third-order valence-corrected chi connectivity index (χ3v) is 1.86. The molecule has 13 heavy (non-hydrogen) atoms. The van der Waals surface area contributed by atoms with Gasteiger partial charge in [0.25, 0.3) is 0 Å². The monoisotopic (exact) mass is 184 g/mol. The van der Waals surface area contributed by atoms with E-state index in [4.69, 9.17) is 9.47 Å². The van der Waals surface area contributed by atoms with E-state index >= 15 is 0 Å². The number of ether oxygens (including phenoxy) is 2. The lowest BCUT2D eigenvalue weighted by atomic mass is 9.90. The number of cyclic esters (lactones) is 1. The highest BCUT2D eigenvalue weighted by molar-refractivity contribution is 5.93. The quantitative estimate of drug-likeness (QED) is 0.479. The van der Waals surface area contributed by atoms with Crippen molar-refractivity contribution in [2.24, 2.45) is 0 Å². The molecule has 0 aromatic carbocycles. The normalized spacial score (nSPS) is 25.8. The molecule has 1 aliphatic rings. The number of hydrogen-bond donors (Lipinski definition) is 0. The fourth-order valence-electron chi connectivity index (χ4n) is 1.25. The van der Waals surface area contributed by atoms with E-state index in [1.807, 2.05) is 0 Å². The van der Waals surface area contributed by atoms with Crippen LogP contribution in [0, 0.1) is 0 Å². The summed E-state index contributed by atoms with van der Waals surface area (Å²) >= 11 is 0. The molecule has 0 N–H and O–H groups in total. The van der Waals surface area contributed by atoms with Crippen LogP contribution in [0.15, 0.2) is 12.7 Å². The number of carbonyl (C=O) groups excluding carboxylic acids is 2. The number of carbonyl (C=O) groups is 2. The first-order valence-electron chi connectivity index (χ1n) is 4.14. The fraction of sp³-hybridized carbons (Fsp3) is 0.556. The van der Waals surface area contributed by atoms with Crippen LogP contribution in [0.4, 0.5) is 0 Å². The minimum absolute atomic E-state index is 0.0951. The van der Waals surface area contributed by atoms with Gasteiger partial charge in [-0.1, -0.05) is 6.08 Å². The van der Waals surface area contributed by atoms with Crippen molar-refractivity contribution >= 4 is 11.9 Å². The summed E-state index contributed by atoms with van der Waals surface area (Å²) in [5.41, 5.74) is -1.07. The number of rotatable bonds is 4. The molecular formula is C9H12O4. The van der Waals surface area contributed by atoms with Gasteiger partial charge >= 0.3 is 11.9 Å². The van der Waals surface area contributed by atoms with Gasteiger partial charge in [-0.3, -0.25) is 4.79 Å². The van der Waals surface area contributed by atoms with Gasteiger partial charge in [-0.2, -0.15) is 0 Å². The van der Waals surface area contributed by atoms with Crippen LogP contribution < -0.4 is 0 Å². The summed E-state index contributed by atoms with van der Waals surface area (Å²) in [5.74, 6) is -0.843. The van der Waals surface area contributed by atoms with Gasteiger partial charge < -0.3 is 9.47 Å². The molecule has 1 atom stereocenters. The number of esters is 2. The summed E-state index contributed by atoms with van der Waals surface area (Å²) < 4.78 is 9.58. The predicted octanol–water partition coefficient (Wildman–Crippen LogP) is 0.811. The smallest absolute Gasteiger partial charge is 0.351 e. The minimum atomic E-state index is -1.07. The second-order valence-electron chi connectivity index (χ2n) is 2.86. The largest absolute Gasteiger partial charge is 0.463 e. The van der Waals surface area contributed by atoms with Crippen molar-refractivity contribution < 1.29 is 19.1 Å². The Balaban J connectivity index is 2.63. The van der Waals surface area contributed by atoms with E-state index in [9.17, 15) is 9.59 Å². The van der Waals surface area contributed by atoms with Gasteiger partial charge in [-0.05, 0) is 6.92 Å². The maximum atomic E-state index is 11.3. The average Bonchev–Trinajstić information content (AvgIpc) is 2.02. The molecule has 0 spiro atoms. The standard InChI is InChI=1S/C9H12O4/c1-3-5-9(6-7(10)13-9)8(11)12-4-2/h3H,1,4-6H2,2H3. The topological polar surface area (TPSA) is 52.6 Å². The van der Waals surface area contributed by atoms with Crippen LogP contribution in [-0.2, 0) is 19.1 Å². The zero-order chi connectivity index (χ0) is 9.90.